The van der Waals surface area contributed by atoms with Gasteiger partial charge in [-0.25, -0.2) is 0 Å². The maximum absolute atomic E-state index is 5.53. The summed E-state index contributed by atoms with van der Waals surface area (Å²) in [5.41, 5.74) is 6.10. The van der Waals surface area contributed by atoms with Gasteiger partial charge in [-0.05, 0) is 25.3 Å². The van der Waals surface area contributed by atoms with Gasteiger partial charge in [0.15, 0.2) is 0 Å². The fourth-order valence-corrected chi connectivity index (χ4v) is 1.87. The van der Waals surface area contributed by atoms with Gasteiger partial charge in [-0.3, -0.25) is 0 Å². The lowest BCUT2D eigenvalue weighted by atomic mass is 10.0. The van der Waals surface area contributed by atoms with Crippen LogP contribution in [0.5, 0.6) is 0 Å². The monoisotopic (exact) mass is 127 g/mol. The number of ether oxygens (including phenoxy) is 1. The van der Waals surface area contributed by atoms with E-state index in [-0.39, 0.29) is 0 Å². The molecule has 0 radical (unpaired) electrons. The Bertz CT molecular complexity index is 118. The predicted molar refractivity (Wildman–Crippen MR) is 35.0 cm³/mol. The molecule has 0 aromatic carbocycles. The van der Waals surface area contributed by atoms with Gasteiger partial charge in [0.05, 0.1) is 6.61 Å². The first-order chi connectivity index (χ1) is 4.37. The van der Waals surface area contributed by atoms with E-state index in [1.165, 1.54) is 12.8 Å². The average molecular weight is 127 g/mol. The highest BCUT2D eigenvalue weighted by atomic mass is 16.5. The maximum atomic E-state index is 5.53. The van der Waals surface area contributed by atoms with E-state index in [0.29, 0.717) is 5.41 Å². The van der Waals surface area contributed by atoms with Gasteiger partial charge in [-0.15, -0.1) is 0 Å². The van der Waals surface area contributed by atoms with Crippen LogP contribution in [-0.2, 0) is 4.74 Å². The number of rotatable bonds is 1. The number of nitrogens with two attached hydrogens (primary N) is 1. The van der Waals surface area contributed by atoms with E-state index in [0.717, 1.165) is 25.7 Å². The quantitative estimate of drug-likeness (QED) is 0.552. The lowest BCUT2D eigenvalue weighted by Crippen LogP contribution is -2.10. The van der Waals surface area contributed by atoms with Crippen molar-refractivity contribution in [3.05, 3.63) is 0 Å². The lowest BCUT2D eigenvalue weighted by molar-refractivity contribution is 0.179. The molecule has 0 amide bonds. The van der Waals surface area contributed by atoms with Crippen LogP contribution in [0.1, 0.15) is 12.8 Å². The van der Waals surface area contributed by atoms with Crippen LogP contribution in [0.2, 0.25) is 0 Å². The second kappa shape index (κ2) is 1.70. The molecule has 1 aliphatic carbocycles. The molecule has 2 nitrogen and oxygen atoms in total. The Labute approximate surface area is 55.4 Å². The Balaban J connectivity index is 1.97. The molecule has 0 bridgehead atoms. The van der Waals surface area contributed by atoms with Crippen molar-refractivity contribution in [2.24, 2.45) is 17.1 Å². The van der Waals surface area contributed by atoms with E-state index in [1.807, 2.05) is 0 Å². The third kappa shape index (κ3) is 0.700. The summed E-state index contributed by atoms with van der Waals surface area (Å²) >= 11 is 0. The van der Waals surface area contributed by atoms with Crippen LogP contribution in [0.25, 0.3) is 0 Å². The molecule has 9 heavy (non-hydrogen) atoms. The van der Waals surface area contributed by atoms with Crippen molar-refractivity contribution in [1.29, 1.82) is 0 Å². The van der Waals surface area contributed by atoms with Crippen molar-refractivity contribution in [3.63, 3.8) is 0 Å². The van der Waals surface area contributed by atoms with Crippen molar-refractivity contribution in [2.75, 3.05) is 19.8 Å². The molecule has 1 saturated carbocycles. The van der Waals surface area contributed by atoms with Crippen LogP contribution < -0.4 is 5.73 Å². The molecule has 2 atom stereocenters. The summed E-state index contributed by atoms with van der Waals surface area (Å²) < 4.78 is 5.30. The minimum atomic E-state index is 0.564. The lowest BCUT2D eigenvalue weighted by Gasteiger charge is -2.01. The second-order valence-electron chi connectivity index (χ2n) is 3.30. The Morgan fingerprint density at radius 1 is 1.67 bits per heavy atom. The predicted octanol–water partition coefficient (Wildman–Crippen LogP) is 0.372. The summed E-state index contributed by atoms with van der Waals surface area (Å²) in [4.78, 5) is 0. The van der Waals surface area contributed by atoms with Gasteiger partial charge in [0.1, 0.15) is 0 Å². The first-order valence-electron chi connectivity index (χ1n) is 3.65. The van der Waals surface area contributed by atoms with Gasteiger partial charge in [0, 0.05) is 12.0 Å². The van der Waals surface area contributed by atoms with Crippen LogP contribution in [0.15, 0.2) is 0 Å². The molecule has 1 spiro atoms. The van der Waals surface area contributed by atoms with Crippen LogP contribution >= 0.6 is 0 Å². The van der Waals surface area contributed by atoms with Crippen LogP contribution in [-0.4, -0.2) is 19.8 Å². The van der Waals surface area contributed by atoms with E-state index in [4.69, 9.17) is 10.5 Å². The van der Waals surface area contributed by atoms with Gasteiger partial charge < -0.3 is 10.5 Å². The molecule has 2 heteroatoms. The fourth-order valence-electron chi connectivity index (χ4n) is 1.87. The van der Waals surface area contributed by atoms with Crippen molar-refractivity contribution in [2.45, 2.75) is 12.8 Å². The van der Waals surface area contributed by atoms with Crippen LogP contribution in [0, 0.1) is 11.3 Å². The third-order valence-corrected chi connectivity index (χ3v) is 2.78. The summed E-state index contributed by atoms with van der Waals surface area (Å²) in [7, 11) is 0. The zero-order chi connectivity index (χ0) is 6.32. The smallest absolute Gasteiger partial charge is 0.0526 e. The standard InChI is InChI=1S/C7H13NO/c8-4-6-3-7(6)1-2-9-5-7/h6H,1-5,8H2/t6-,7-/m1/s1. The van der Waals surface area contributed by atoms with E-state index < -0.39 is 0 Å². The van der Waals surface area contributed by atoms with E-state index in [2.05, 4.69) is 0 Å². The highest BCUT2D eigenvalue weighted by Gasteiger charge is 2.54. The molecule has 1 saturated heterocycles. The van der Waals surface area contributed by atoms with Gasteiger partial charge in [0.25, 0.3) is 0 Å². The molecule has 0 unspecified atom stereocenters. The minimum absolute atomic E-state index is 0.564. The van der Waals surface area contributed by atoms with Crippen molar-refractivity contribution in [1.82, 2.24) is 0 Å². The SMILES string of the molecule is NC[C@H]1C[C@@]12CCOC2. The van der Waals surface area contributed by atoms with E-state index >= 15 is 0 Å². The Morgan fingerprint density at radius 2 is 2.56 bits per heavy atom. The number of hydrogen-bond acceptors (Lipinski definition) is 2. The molecule has 0 aromatic rings. The largest absolute Gasteiger partial charge is 0.381 e. The molecule has 52 valence electrons. The number of hydrogen-bond donors (Lipinski definition) is 1. The van der Waals surface area contributed by atoms with Gasteiger partial charge in [-0.2, -0.15) is 0 Å². The highest BCUT2D eigenvalue weighted by Crippen LogP contribution is 2.57. The summed E-state index contributed by atoms with van der Waals surface area (Å²) in [6, 6.07) is 0. The molecule has 2 aliphatic rings. The van der Waals surface area contributed by atoms with Gasteiger partial charge in [-0.1, -0.05) is 0 Å². The highest BCUT2D eigenvalue weighted by molar-refractivity contribution is 5.04. The Hall–Kier alpha value is -0.0800. The first-order valence-corrected chi connectivity index (χ1v) is 3.65. The zero-order valence-electron chi connectivity index (χ0n) is 5.60. The second-order valence-corrected chi connectivity index (χ2v) is 3.30. The molecule has 2 N–H and O–H groups in total. The molecular formula is C7H13NO. The molecule has 2 fully saturated rings. The van der Waals surface area contributed by atoms with Crippen LogP contribution in [0.4, 0.5) is 0 Å². The summed E-state index contributed by atoms with van der Waals surface area (Å²) in [5, 5.41) is 0. The average Bonchev–Trinajstić information content (AvgIpc) is 2.30. The van der Waals surface area contributed by atoms with E-state index in [9.17, 15) is 0 Å². The first kappa shape index (κ1) is 5.69. The minimum Gasteiger partial charge on any atom is -0.381 e. The van der Waals surface area contributed by atoms with Crippen molar-refractivity contribution in [3.8, 4) is 0 Å². The fraction of sp³-hybridized carbons (Fsp3) is 1.00. The molecule has 1 heterocycles. The maximum Gasteiger partial charge on any atom is 0.0526 e. The van der Waals surface area contributed by atoms with E-state index in [1.54, 1.807) is 0 Å². The van der Waals surface area contributed by atoms with Gasteiger partial charge in [0.2, 0.25) is 0 Å². The third-order valence-electron chi connectivity index (χ3n) is 2.78. The molecule has 1 aliphatic heterocycles. The Kier molecular flexibility index (Phi) is 1.08. The Morgan fingerprint density at radius 3 is 3.00 bits per heavy atom. The topological polar surface area (TPSA) is 35.2 Å². The van der Waals surface area contributed by atoms with Crippen LogP contribution in [0.3, 0.4) is 0 Å². The van der Waals surface area contributed by atoms with Crippen molar-refractivity contribution < 1.29 is 4.74 Å². The summed E-state index contributed by atoms with van der Waals surface area (Å²) in [6.45, 7) is 2.81. The normalized spacial score (nSPS) is 48.3. The summed E-state index contributed by atoms with van der Waals surface area (Å²) in [6.07, 6.45) is 2.58. The molecule has 2 rings (SSSR count). The van der Waals surface area contributed by atoms with Crippen molar-refractivity contribution >= 4 is 0 Å². The molecule has 0 aromatic heterocycles. The zero-order valence-corrected chi connectivity index (χ0v) is 5.60. The molecular weight excluding hydrogens is 114 g/mol. The summed E-state index contributed by atoms with van der Waals surface area (Å²) in [5.74, 6) is 0.792. The van der Waals surface area contributed by atoms with Gasteiger partial charge >= 0.3 is 0 Å².